The SMILES string of the molecule is OC[C@H]1O[C@@H](Oc2cc3ccc(F)cc3[nH]2)[C@H](O)[C@@H]1O. The molecule has 3 rings (SSSR count). The highest BCUT2D eigenvalue weighted by atomic mass is 19.1. The van der Waals surface area contributed by atoms with Gasteiger partial charge in [0, 0.05) is 11.5 Å². The quantitative estimate of drug-likeness (QED) is 0.642. The predicted octanol–water partition coefficient (Wildman–Crippen LogP) is 0.125. The second kappa shape index (κ2) is 5.02. The van der Waals surface area contributed by atoms with Gasteiger partial charge in [0.2, 0.25) is 6.29 Å². The Hall–Kier alpha value is -1.67. The van der Waals surface area contributed by atoms with Crippen molar-refractivity contribution in [2.45, 2.75) is 24.6 Å². The summed E-state index contributed by atoms with van der Waals surface area (Å²) >= 11 is 0. The molecule has 0 bridgehead atoms. The molecule has 2 aromatic rings. The van der Waals surface area contributed by atoms with Crippen molar-refractivity contribution in [3.05, 3.63) is 30.1 Å². The maximum absolute atomic E-state index is 13.1. The van der Waals surface area contributed by atoms with E-state index < -0.39 is 31.2 Å². The molecule has 0 saturated carbocycles. The van der Waals surface area contributed by atoms with Crippen LogP contribution in [0, 0.1) is 5.82 Å². The van der Waals surface area contributed by atoms with Gasteiger partial charge in [0.05, 0.1) is 12.1 Å². The first kappa shape index (κ1) is 13.3. The fourth-order valence-corrected chi connectivity index (χ4v) is 2.22. The summed E-state index contributed by atoms with van der Waals surface area (Å²) in [5, 5.41) is 29.1. The highest BCUT2D eigenvalue weighted by Crippen LogP contribution is 2.27. The van der Waals surface area contributed by atoms with Crippen LogP contribution in [0.15, 0.2) is 24.3 Å². The topological polar surface area (TPSA) is 94.9 Å². The standard InChI is InChI=1S/C13H14FNO5/c14-7-2-1-6-3-10(15-8(6)4-7)20-13-12(18)11(17)9(5-16)19-13/h1-4,9,11-13,15-18H,5H2/t9-,11-,12-,13+/m1/s1. The monoisotopic (exact) mass is 283 g/mol. The Balaban J connectivity index is 1.79. The fraction of sp³-hybridized carbons (Fsp3) is 0.385. The number of aromatic nitrogens is 1. The molecule has 1 aliphatic rings. The lowest BCUT2D eigenvalue weighted by Crippen LogP contribution is -2.35. The summed E-state index contributed by atoms with van der Waals surface area (Å²) in [5.41, 5.74) is 0.548. The van der Waals surface area contributed by atoms with Gasteiger partial charge in [-0.3, -0.25) is 0 Å². The fourth-order valence-electron chi connectivity index (χ4n) is 2.22. The van der Waals surface area contributed by atoms with Gasteiger partial charge in [-0.1, -0.05) is 0 Å². The third kappa shape index (κ3) is 2.25. The molecule has 0 amide bonds. The molecule has 1 aliphatic heterocycles. The van der Waals surface area contributed by atoms with Crippen LogP contribution in [0.4, 0.5) is 4.39 Å². The number of fused-ring (bicyclic) bond motifs is 1. The van der Waals surface area contributed by atoms with Gasteiger partial charge in [-0.2, -0.15) is 0 Å². The third-order valence-corrected chi connectivity index (χ3v) is 3.30. The summed E-state index contributed by atoms with van der Waals surface area (Å²) in [6, 6.07) is 5.86. The molecular weight excluding hydrogens is 269 g/mol. The molecule has 2 heterocycles. The number of aromatic amines is 1. The lowest BCUT2D eigenvalue weighted by Gasteiger charge is -2.15. The Kier molecular flexibility index (Phi) is 3.35. The first-order valence-electron chi connectivity index (χ1n) is 6.16. The summed E-state index contributed by atoms with van der Waals surface area (Å²) in [6.45, 7) is -0.421. The van der Waals surface area contributed by atoms with Crippen molar-refractivity contribution in [2.75, 3.05) is 6.61 Å². The van der Waals surface area contributed by atoms with Crippen molar-refractivity contribution < 1.29 is 29.2 Å². The summed E-state index contributed by atoms with van der Waals surface area (Å²) in [5.74, 6) is -0.0979. The lowest BCUT2D eigenvalue weighted by atomic mass is 10.1. The van der Waals surface area contributed by atoms with E-state index in [1.165, 1.54) is 12.1 Å². The van der Waals surface area contributed by atoms with Gasteiger partial charge in [-0.25, -0.2) is 4.39 Å². The zero-order valence-electron chi connectivity index (χ0n) is 10.4. The molecule has 0 spiro atoms. The second-order valence-corrected chi connectivity index (χ2v) is 4.69. The number of ether oxygens (including phenoxy) is 2. The highest BCUT2D eigenvalue weighted by molar-refractivity contribution is 5.81. The minimum Gasteiger partial charge on any atom is -0.447 e. The maximum atomic E-state index is 13.1. The van der Waals surface area contributed by atoms with E-state index in [0.29, 0.717) is 5.52 Å². The van der Waals surface area contributed by atoms with Crippen LogP contribution in [0.2, 0.25) is 0 Å². The van der Waals surface area contributed by atoms with Gasteiger partial charge < -0.3 is 29.8 Å². The van der Waals surface area contributed by atoms with E-state index in [1.54, 1.807) is 12.1 Å². The number of rotatable bonds is 3. The van der Waals surface area contributed by atoms with Crippen molar-refractivity contribution in [3.63, 3.8) is 0 Å². The molecule has 6 nitrogen and oxygen atoms in total. The molecule has 108 valence electrons. The smallest absolute Gasteiger partial charge is 0.230 e. The Bertz CT molecular complexity index is 616. The van der Waals surface area contributed by atoms with E-state index in [2.05, 4.69) is 4.98 Å². The van der Waals surface area contributed by atoms with Crippen molar-refractivity contribution in [1.82, 2.24) is 4.98 Å². The Morgan fingerprint density at radius 2 is 2.05 bits per heavy atom. The molecule has 4 atom stereocenters. The second-order valence-electron chi connectivity index (χ2n) is 4.69. The van der Waals surface area contributed by atoms with Crippen LogP contribution in [-0.4, -0.2) is 51.5 Å². The first-order valence-corrected chi connectivity index (χ1v) is 6.16. The summed E-state index contributed by atoms with van der Waals surface area (Å²) in [6.07, 6.45) is -4.47. The van der Waals surface area contributed by atoms with Gasteiger partial charge in [0.15, 0.2) is 5.88 Å². The van der Waals surface area contributed by atoms with Crippen LogP contribution in [0.1, 0.15) is 0 Å². The van der Waals surface area contributed by atoms with Crippen LogP contribution >= 0.6 is 0 Å². The van der Waals surface area contributed by atoms with E-state index in [0.717, 1.165) is 5.39 Å². The molecule has 0 radical (unpaired) electrons. The summed E-state index contributed by atoms with van der Waals surface area (Å²) < 4.78 is 23.7. The van der Waals surface area contributed by atoms with Crippen molar-refractivity contribution in [1.29, 1.82) is 0 Å². The van der Waals surface area contributed by atoms with E-state index in [9.17, 15) is 14.6 Å². The molecule has 1 aromatic heterocycles. The molecule has 20 heavy (non-hydrogen) atoms. The molecule has 0 aliphatic carbocycles. The normalized spacial score (nSPS) is 30.0. The number of aliphatic hydroxyl groups is 3. The zero-order valence-corrected chi connectivity index (χ0v) is 10.4. The molecular formula is C13H14FNO5. The van der Waals surface area contributed by atoms with Crippen LogP contribution < -0.4 is 4.74 Å². The van der Waals surface area contributed by atoms with Gasteiger partial charge in [-0.05, 0) is 18.2 Å². The number of benzene rings is 1. The van der Waals surface area contributed by atoms with Crippen molar-refractivity contribution in [2.24, 2.45) is 0 Å². The molecule has 1 fully saturated rings. The molecule has 1 aromatic carbocycles. The number of H-pyrrole nitrogens is 1. The molecule has 4 N–H and O–H groups in total. The van der Waals surface area contributed by atoms with Crippen LogP contribution in [0.3, 0.4) is 0 Å². The minimum absolute atomic E-state index is 0.278. The van der Waals surface area contributed by atoms with Gasteiger partial charge >= 0.3 is 0 Å². The Labute approximate surface area is 113 Å². The van der Waals surface area contributed by atoms with Crippen LogP contribution in [0.25, 0.3) is 10.9 Å². The average molecular weight is 283 g/mol. The predicted molar refractivity (Wildman–Crippen MR) is 66.6 cm³/mol. The largest absolute Gasteiger partial charge is 0.447 e. The summed E-state index contributed by atoms with van der Waals surface area (Å²) in [7, 11) is 0. The number of nitrogens with one attached hydrogen (secondary N) is 1. The van der Waals surface area contributed by atoms with Gasteiger partial charge in [0.25, 0.3) is 0 Å². The van der Waals surface area contributed by atoms with Crippen LogP contribution in [0.5, 0.6) is 5.88 Å². The Morgan fingerprint density at radius 1 is 1.25 bits per heavy atom. The lowest BCUT2D eigenvalue weighted by molar-refractivity contribution is -0.118. The molecule has 7 heteroatoms. The number of hydrogen-bond acceptors (Lipinski definition) is 5. The van der Waals surface area contributed by atoms with E-state index in [1.807, 2.05) is 0 Å². The number of halogens is 1. The third-order valence-electron chi connectivity index (χ3n) is 3.30. The van der Waals surface area contributed by atoms with E-state index in [-0.39, 0.29) is 11.7 Å². The first-order chi connectivity index (χ1) is 9.58. The van der Waals surface area contributed by atoms with E-state index in [4.69, 9.17) is 14.6 Å². The highest BCUT2D eigenvalue weighted by Gasteiger charge is 2.44. The zero-order chi connectivity index (χ0) is 14.3. The molecule has 0 unspecified atom stereocenters. The van der Waals surface area contributed by atoms with Gasteiger partial charge in [0.1, 0.15) is 24.1 Å². The summed E-state index contributed by atoms with van der Waals surface area (Å²) in [4.78, 5) is 2.83. The Morgan fingerprint density at radius 3 is 2.75 bits per heavy atom. The number of hydrogen-bond donors (Lipinski definition) is 4. The van der Waals surface area contributed by atoms with Gasteiger partial charge in [-0.15, -0.1) is 0 Å². The average Bonchev–Trinajstić information content (AvgIpc) is 2.93. The van der Waals surface area contributed by atoms with Crippen molar-refractivity contribution in [3.8, 4) is 5.88 Å². The molecule has 1 saturated heterocycles. The maximum Gasteiger partial charge on any atom is 0.230 e. The minimum atomic E-state index is -1.27. The van der Waals surface area contributed by atoms with E-state index >= 15 is 0 Å². The van der Waals surface area contributed by atoms with Crippen molar-refractivity contribution >= 4 is 10.9 Å². The number of aliphatic hydroxyl groups excluding tert-OH is 3. The van der Waals surface area contributed by atoms with Crippen LogP contribution in [-0.2, 0) is 4.74 Å².